The molecule has 4 heteroatoms. The third-order valence-corrected chi connectivity index (χ3v) is 3.83. The number of hydrogen-bond acceptors (Lipinski definition) is 3. The second-order valence-electron chi connectivity index (χ2n) is 5.17. The van der Waals surface area contributed by atoms with Crippen molar-refractivity contribution in [2.75, 3.05) is 6.54 Å². The number of unbranched alkanes of at least 4 members (excludes halogenated alkanes) is 3. The van der Waals surface area contributed by atoms with Crippen LogP contribution in [-0.2, 0) is 14.3 Å². The number of carbonyl (C=O) groups is 2. The maximum atomic E-state index is 11.9. The summed E-state index contributed by atoms with van der Waals surface area (Å²) in [5.41, 5.74) is 0. The van der Waals surface area contributed by atoms with E-state index in [0.717, 1.165) is 32.1 Å². The first-order valence-electron chi connectivity index (χ1n) is 6.81. The molecule has 4 nitrogen and oxygen atoms in total. The predicted octanol–water partition coefficient (Wildman–Crippen LogP) is 1.80. The van der Waals surface area contributed by atoms with Crippen LogP contribution in [0.4, 0.5) is 0 Å². The Kier molecular flexibility index (Phi) is 4.39. The molecule has 2 bridgehead atoms. The number of ether oxygens (including phenoxy) is 1. The van der Waals surface area contributed by atoms with Gasteiger partial charge in [0, 0.05) is 6.54 Å². The Balaban J connectivity index is 1.63. The highest BCUT2D eigenvalue weighted by atomic mass is 16.6. The summed E-state index contributed by atoms with van der Waals surface area (Å²) in [6.07, 6.45) is 7.60. The normalized spacial score (nSPS) is 29.1. The SMILES string of the molecule is C=CCCCCCNC(=O)C1CC2CC1C(=O)O2. The summed E-state index contributed by atoms with van der Waals surface area (Å²) in [5, 5.41) is 2.93. The van der Waals surface area contributed by atoms with Crippen LogP contribution >= 0.6 is 0 Å². The molecular formula is C14H21NO3. The molecule has 2 aliphatic rings. The molecule has 0 aromatic rings. The zero-order valence-electron chi connectivity index (χ0n) is 10.7. The van der Waals surface area contributed by atoms with Crippen molar-refractivity contribution in [3.8, 4) is 0 Å². The smallest absolute Gasteiger partial charge is 0.310 e. The summed E-state index contributed by atoms with van der Waals surface area (Å²) >= 11 is 0. The van der Waals surface area contributed by atoms with Crippen LogP contribution in [0.25, 0.3) is 0 Å². The first-order chi connectivity index (χ1) is 8.72. The van der Waals surface area contributed by atoms with Gasteiger partial charge in [-0.05, 0) is 32.1 Å². The quantitative estimate of drug-likeness (QED) is 0.426. The minimum absolute atomic E-state index is 0.00848. The zero-order valence-corrected chi connectivity index (χ0v) is 10.7. The van der Waals surface area contributed by atoms with Gasteiger partial charge >= 0.3 is 5.97 Å². The number of carbonyl (C=O) groups excluding carboxylic acids is 2. The van der Waals surface area contributed by atoms with E-state index in [0.29, 0.717) is 13.0 Å². The van der Waals surface area contributed by atoms with Crippen LogP contribution in [0.3, 0.4) is 0 Å². The van der Waals surface area contributed by atoms with Crippen molar-refractivity contribution >= 4 is 11.9 Å². The summed E-state index contributed by atoms with van der Waals surface area (Å²) in [4.78, 5) is 23.3. The maximum Gasteiger partial charge on any atom is 0.310 e. The van der Waals surface area contributed by atoms with Crippen molar-refractivity contribution in [3.63, 3.8) is 0 Å². The molecule has 2 fully saturated rings. The Morgan fingerprint density at radius 3 is 2.89 bits per heavy atom. The molecule has 1 N–H and O–H groups in total. The lowest BCUT2D eigenvalue weighted by atomic mass is 9.95. The van der Waals surface area contributed by atoms with Crippen LogP contribution in [0.2, 0.25) is 0 Å². The number of amides is 1. The lowest BCUT2D eigenvalue weighted by Gasteiger charge is -2.20. The molecular weight excluding hydrogens is 230 g/mol. The van der Waals surface area contributed by atoms with E-state index < -0.39 is 0 Å². The number of nitrogens with one attached hydrogen (secondary N) is 1. The minimum atomic E-state index is -0.184. The van der Waals surface area contributed by atoms with Crippen molar-refractivity contribution in [1.82, 2.24) is 5.32 Å². The molecule has 0 aromatic heterocycles. The van der Waals surface area contributed by atoms with Gasteiger partial charge in [0.1, 0.15) is 6.10 Å². The second kappa shape index (κ2) is 6.03. The van der Waals surface area contributed by atoms with Crippen molar-refractivity contribution in [2.45, 2.75) is 44.6 Å². The number of allylic oxidation sites excluding steroid dienone is 1. The van der Waals surface area contributed by atoms with Crippen molar-refractivity contribution in [3.05, 3.63) is 12.7 Å². The highest BCUT2D eigenvalue weighted by Crippen LogP contribution is 2.41. The van der Waals surface area contributed by atoms with Crippen molar-refractivity contribution < 1.29 is 14.3 Å². The van der Waals surface area contributed by atoms with Gasteiger partial charge in [-0.15, -0.1) is 6.58 Å². The molecule has 1 heterocycles. The average molecular weight is 251 g/mol. The van der Waals surface area contributed by atoms with Gasteiger partial charge in [0.2, 0.25) is 5.91 Å². The standard InChI is InChI=1S/C14H21NO3/c1-2-3-4-5-6-7-15-13(16)11-8-10-9-12(11)14(17)18-10/h2,10-12H,1,3-9H2,(H,15,16). The second-order valence-corrected chi connectivity index (χ2v) is 5.17. The van der Waals surface area contributed by atoms with Crippen molar-refractivity contribution in [1.29, 1.82) is 0 Å². The topological polar surface area (TPSA) is 55.4 Å². The van der Waals surface area contributed by atoms with Gasteiger partial charge in [-0.25, -0.2) is 0 Å². The van der Waals surface area contributed by atoms with Crippen LogP contribution in [-0.4, -0.2) is 24.5 Å². The number of hydrogen-bond donors (Lipinski definition) is 1. The fourth-order valence-electron chi connectivity index (χ4n) is 2.82. The van der Waals surface area contributed by atoms with Gasteiger partial charge in [0.25, 0.3) is 0 Å². The fraction of sp³-hybridized carbons (Fsp3) is 0.714. The summed E-state index contributed by atoms with van der Waals surface area (Å²) in [6, 6.07) is 0. The molecule has 0 aromatic carbocycles. The van der Waals surface area contributed by atoms with E-state index in [-0.39, 0.29) is 29.8 Å². The van der Waals surface area contributed by atoms with Crippen LogP contribution in [0, 0.1) is 11.8 Å². The van der Waals surface area contributed by atoms with E-state index in [4.69, 9.17) is 4.74 Å². The zero-order chi connectivity index (χ0) is 13.0. The number of fused-ring (bicyclic) bond motifs is 2. The highest BCUT2D eigenvalue weighted by molar-refractivity contribution is 5.87. The third-order valence-electron chi connectivity index (χ3n) is 3.83. The van der Waals surface area contributed by atoms with Gasteiger partial charge in [-0.1, -0.05) is 12.5 Å². The lowest BCUT2D eigenvalue weighted by Crippen LogP contribution is -2.37. The third kappa shape index (κ3) is 2.92. The maximum absolute atomic E-state index is 11.9. The van der Waals surface area contributed by atoms with Crippen LogP contribution in [0.15, 0.2) is 12.7 Å². The van der Waals surface area contributed by atoms with Gasteiger partial charge in [-0.3, -0.25) is 9.59 Å². The van der Waals surface area contributed by atoms with Crippen LogP contribution in [0.1, 0.15) is 38.5 Å². The molecule has 1 amide bonds. The molecule has 18 heavy (non-hydrogen) atoms. The predicted molar refractivity (Wildman–Crippen MR) is 67.8 cm³/mol. The van der Waals surface area contributed by atoms with E-state index in [1.807, 2.05) is 6.08 Å². The molecule has 3 unspecified atom stereocenters. The van der Waals surface area contributed by atoms with E-state index in [1.54, 1.807) is 0 Å². The van der Waals surface area contributed by atoms with Gasteiger partial charge < -0.3 is 10.1 Å². The molecule has 100 valence electrons. The van der Waals surface area contributed by atoms with E-state index >= 15 is 0 Å². The Labute approximate surface area is 108 Å². The van der Waals surface area contributed by atoms with Gasteiger partial charge in [-0.2, -0.15) is 0 Å². The molecule has 3 atom stereocenters. The first kappa shape index (κ1) is 13.1. The van der Waals surface area contributed by atoms with E-state index in [9.17, 15) is 9.59 Å². The largest absolute Gasteiger partial charge is 0.462 e. The van der Waals surface area contributed by atoms with Crippen LogP contribution < -0.4 is 5.32 Å². The summed E-state index contributed by atoms with van der Waals surface area (Å²) in [7, 11) is 0. The van der Waals surface area contributed by atoms with Crippen molar-refractivity contribution in [2.24, 2.45) is 11.8 Å². The van der Waals surface area contributed by atoms with Gasteiger partial charge in [0.15, 0.2) is 0 Å². The molecule has 0 spiro atoms. The molecule has 1 aliphatic heterocycles. The van der Waals surface area contributed by atoms with E-state index in [2.05, 4.69) is 11.9 Å². The van der Waals surface area contributed by atoms with E-state index in [1.165, 1.54) is 0 Å². The summed E-state index contributed by atoms with van der Waals surface area (Å²) in [5.74, 6) is -0.486. The molecule has 1 saturated heterocycles. The molecule has 2 rings (SSSR count). The summed E-state index contributed by atoms with van der Waals surface area (Å²) in [6.45, 7) is 4.38. The van der Waals surface area contributed by atoms with Crippen LogP contribution in [0.5, 0.6) is 0 Å². The first-order valence-corrected chi connectivity index (χ1v) is 6.81. The average Bonchev–Trinajstić information content (AvgIpc) is 2.92. The lowest BCUT2D eigenvalue weighted by molar-refractivity contribution is -0.153. The Morgan fingerprint density at radius 2 is 2.22 bits per heavy atom. The Morgan fingerprint density at radius 1 is 1.39 bits per heavy atom. The minimum Gasteiger partial charge on any atom is -0.462 e. The number of rotatable bonds is 7. The Hall–Kier alpha value is -1.32. The number of esters is 1. The molecule has 1 saturated carbocycles. The summed E-state index contributed by atoms with van der Waals surface area (Å²) < 4.78 is 5.08. The monoisotopic (exact) mass is 251 g/mol. The van der Waals surface area contributed by atoms with Gasteiger partial charge in [0.05, 0.1) is 11.8 Å². The highest BCUT2D eigenvalue weighted by Gasteiger charge is 2.50. The Bertz CT molecular complexity index is 340. The molecule has 1 aliphatic carbocycles. The fourth-order valence-corrected chi connectivity index (χ4v) is 2.82. The molecule has 0 radical (unpaired) electrons.